The molecule has 0 aliphatic carbocycles. The lowest BCUT2D eigenvalue weighted by atomic mass is 10.2. The average Bonchev–Trinajstić information content (AvgIpc) is 2.24. The maximum atomic E-state index is 11.3. The van der Waals surface area contributed by atoms with Gasteiger partial charge in [0.1, 0.15) is 5.60 Å². The highest BCUT2D eigenvalue weighted by atomic mass is 32.2. The van der Waals surface area contributed by atoms with Gasteiger partial charge in [-0.25, -0.2) is 4.79 Å². The number of alkyl carbamates (subject to hydrolysis) is 1. The molecule has 0 aromatic carbocycles. The summed E-state index contributed by atoms with van der Waals surface area (Å²) < 4.78 is 5.15. The first kappa shape index (κ1) is 17.6. The number of carbonyl (C=O) groups excluding carboxylic acids is 1. The monoisotopic (exact) mass is 276 g/mol. The van der Waals surface area contributed by atoms with Crippen LogP contribution in [0, 0.1) is 0 Å². The van der Waals surface area contributed by atoms with Crippen LogP contribution in [0.1, 0.15) is 40.0 Å². The molecular formula is C13H28N2O2S. The number of ether oxygens (including phenoxy) is 1. The summed E-state index contributed by atoms with van der Waals surface area (Å²) in [5, 5.41) is 5.91. The quantitative estimate of drug-likeness (QED) is 0.636. The minimum Gasteiger partial charge on any atom is -0.444 e. The van der Waals surface area contributed by atoms with E-state index in [0.717, 1.165) is 19.4 Å². The molecule has 0 atom stereocenters. The number of nitrogens with one attached hydrogen (secondary N) is 2. The predicted octanol–water partition coefficient (Wildman–Crippen LogP) is 2.63. The van der Waals surface area contributed by atoms with Gasteiger partial charge in [-0.3, -0.25) is 0 Å². The van der Waals surface area contributed by atoms with Gasteiger partial charge in [0, 0.05) is 6.54 Å². The third kappa shape index (κ3) is 13.6. The van der Waals surface area contributed by atoms with E-state index in [4.69, 9.17) is 4.74 Å². The van der Waals surface area contributed by atoms with Gasteiger partial charge in [-0.2, -0.15) is 11.8 Å². The highest BCUT2D eigenvalue weighted by molar-refractivity contribution is 7.99. The summed E-state index contributed by atoms with van der Waals surface area (Å²) in [6, 6.07) is 0. The van der Waals surface area contributed by atoms with E-state index in [1.807, 2.05) is 39.6 Å². The van der Waals surface area contributed by atoms with Gasteiger partial charge < -0.3 is 15.4 Å². The number of carbonyl (C=O) groups is 1. The SMILES string of the molecule is CNCCCSCCCCNC(=O)OC(C)(C)C. The molecule has 0 spiro atoms. The summed E-state index contributed by atoms with van der Waals surface area (Å²) in [6.07, 6.45) is 3.06. The molecule has 4 nitrogen and oxygen atoms in total. The lowest BCUT2D eigenvalue weighted by Gasteiger charge is -2.19. The Labute approximate surface area is 116 Å². The smallest absolute Gasteiger partial charge is 0.407 e. The molecule has 0 saturated carbocycles. The zero-order chi connectivity index (χ0) is 13.9. The Morgan fingerprint density at radius 1 is 1.11 bits per heavy atom. The van der Waals surface area contributed by atoms with E-state index < -0.39 is 5.60 Å². The molecule has 0 radical (unpaired) electrons. The van der Waals surface area contributed by atoms with Crippen LogP contribution in [0.4, 0.5) is 4.79 Å². The molecule has 0 aromatic heterocycles. The van der Waals surface area contributed by atoms with E-state index in [1.54, 1.807) is 0 Å². The van der Waals surface area contributed by atoms with Crippen LogP contribution in [0.15, 0.2) is 0 Å². The van der Waals surface area contributed by atoms with Gasteiger partial charge in [-0.05, 0) is 65.1 Å². The van der Waals surface area contributed by atoms with Gasteiger partial charge >= 0.3 is 6.09 Å². The van der Waals surface area contributed by atoms with E-state index in [9.17, 15) is 4.79 Å². The van der Waals surface area contributed by atoms with Gasteiger partial charge in [0.15, 0.2) is 0 Å². The number of unbranched alkanes of at least 4 members (excludes halogenated alkanes) is 1. The maximum absolute atomic E-state index is 11.3. The van der Waals surface area contributed by atoms with Crippen molar-refractivity contribution >= 4 is 17.9 Å². The molecule has 0 aliphatic heterocycles. The summed E-state index contributed by atoms with van der Waals surface area (Å²) >= 11 is 1.98. The van der Waals surface area contributed by atoms with E-state index in [0.29, 0.717) is 6.54 Å². The van der Waals surface area contributed by atoms with Crippen LogP contribution in [0.2, 0.25) is 0 Å². The van der Waals surface area contributed by atoms with E-state index >= 15 is 0 Å². The maximum Gasteiger partial charge on any atom is 0.407 e. The number of thioether (sulfide) groups is 1. The van der Waals surface area contributed by atoms with Gasteiger partial charge in [0.05, 0.1) is 0 Å². The van der Waals surface area contributed by atoms with Crippen molar-refractivity contribution in [1.29, 1.82) is 0 Å². The second-order valence-electron chi connectivity index (χ2n) is 5.21. The topological polar surface area (TPSA) is 50.4 Å². The number of amides is 1. The van der Waals surface area contributed by atoms with Crippen LogP contribution in [-0.4, -0.2) is 43.3 Å². The first-order chi connectivity index (χ1) is 8.45. The first-order valence-electron chi connectivity index (χ1n) is 6.65. The van der Waals surface area contributed by atoms with Crippen LogP contribution >= 0.6 is 11.8 Å². The van der Waals surface area contributed by atoms with Crippen LogP contribution < -0.4 is 10.6 Å². The fourth-order valence-electron chi connectivity index (χ4n) is 1.29. The van der Waals surface area contributed by atoms with Crippen LogP contribution in [-0.2, 0) is 4.74 Å². The zero-order valence-corrected chi connectivity index (χ0v) is 13.0. The van der Waals surface area contributed by atoms with Gasteiger partial charge in [0.2, 0.25) is 0 Å². The average molecular weight is 276 g/mol. The Bertz CT molecular complexity index is 218. The van der Waals surface area contributed by atoms with Crippen molar-refractivity contribution in [3.05, 3.63) is 0 Å². The van der Waals surface area contributed by atoms with Gasteiger partial charge in [0.25, 0.3) is 0 Å². The summed E-state index contributed by atoms with van der Waals surface area (Å²) in [5.74, 6) is 2.38. The third-order valence-corrected chi connectivity index (χ3v) is 3.25. The fourth-order valence-corrected chi connectivity index (χ4v) is 2.25. The highest BCUT2D eigenvalue weighted by Crippen LogP contribution is 2.07. The Balaban J connectivity index is 3.23. The first-order valence-corrected chi connectivity index (χ1v) is 7.80. The molecule has 0 aromatic rings. The Hall–Kier alpha value is -0.420. The molecular weight excluding hydrogens is 248 g/mol. The Morgan fingerprint density at radius 3 is 2.39 bits per heavy atom. The lowest BCUT2D eigenvalue weighted by Crippen LogP contribution is -2.33. The number of hydrogen-bond acceptors (Lipinski definition) is 4. The third-order valence-electron chi connectivity index (χ3n) is 2.10. The molecule has 0 fully saturated rings. The van der Waals surface area contributed by atoms with Crippen molar-refractivity contribution in [1.82, 2.24) is 10.6 Å². The Morgan fingerprint density at radius 2 is 1.78 bits per heavy atom. The van der Waals surface area contributed by atoms with Crippen molar-refractivity contribution in [3.63, 3.8) is 0 Å². The minimum absolute atomic E-state index is 0.316. The molecule has 108 valence electrons. The molecule has 0 unspecified atom stereocenters. The summed E-state index contributed by atoms with van der Waals surface area (Å²) in [5.41, 5.74) is -0.409. The molecule has 2 N–H and O–H groups in total. The van der Waals surface area contributed by atoms with Crippen molar-refractivity contribution in [2.24, 2.45) is 0 Å². The minimum atomic E-state index is -0.409. The fraction of sp³-hybridized carbons (Fsp3) is 0.923. The summed E-state index contributed by atoms with van der Waals surface area (Å²) in [7, 11) is 1.98. The van der Waals surface area contributed by atoms with E-state index in [1.165, 1.54) is 17.9 Å². The number of hydrogen-bond donors (Lipinski definition) is 2. The molecule has 1 amide bonds. The standard InChI is InChI=1S/C13H28N2O2S/c1-13(2,3)17-12(16)15-9-5-6-10-18-11-7-8-14-4/h14H,5-11H2,1-4H3,(H,15,16). The van der Waals surface area contributed by atoms with E-state index in [-0.39, 0.29) is 6.09 Å². The largest absolute Gasteiger partial charge is 0.444 e. The van der Waals surface area contributed by atoms with Gasteiger partial charge in [-0.1, -0.05) is 0 Å². The number of rotatable bonds is 9. The molecule has 5 heteroatoms. The molecule has 0 bridgehead atoms. The summed E-state index contributed by atoms with van der Waals surface area (Å²) in [6.45, 7) is 7.40. The van der Waals surface area contributed by atoms with Crippen LogP contribution in [0.25, 0.3) is 0 Å². The van der Waals surface area contributed by atoms with Crippen molar-refractivity contribution < 1.29 is 9.53 Å². The van der Waals surface area contributed by atoms with Crippen molar-refractivity contribution in [2.45, 2.75) is 45.6 Å². The molecule has 0 heterocycles. The molecule has 0 rings (SSSR count). The van der Waals surface area contributed by atoms with Gasteiger partial charge in [-0.15, -0.1) is 0 Å². The van der Waals surface area contributed by atoms with Crippen LogP contribution in [0.3, 0.4) is 0 Å². The molecule has 0 saturated heterocycles. The van der Waals surface area contributed by atoms with Crippen LogP contribution in [0.5, 0.6) is 0 Å². The van der Waals surface area contributed by atoms with Crippen molar-refractivity contribution in [2.75, 3.05) is 31.6 Å². The predicted molar refractivity (Wildman–Crippen MR) is 79.3 cm³/mol. The molecule has 18 heavy (non-hydrogen) atoms. The normalized spacial score (nSPS) is 11.3. The summed E-state index contributed by atoms with van der Waals surface area (Å²) in [4.78, 5) is 11.3. The second kappa shape index (κ2) is 10.5. The zero-order valence-electron chi connectivity index (χ0n) is 12.2. The molecule has 0 aliphatic rings. The second-order valence-corrected chi connectivity index (χ2v) is 6.43. The van der Waals surface area contributed by atoms with Crippen molar-refractivity contribution in [3.8, 4) is 0 Å². The highest BCUT2D eigenvalue weighted by Gasteiger charge is 2.15. The Kier molecular flexibility index (Phi) is 10.3. The van der Waals surface area contributed by atoms with E-state index in [2.05, 4.69) is 10.6 Å². The lowest BCUT2D eigenvalue weighted by molar-refractivity contribution is 0.0527.